The first kappa shape index (κ1) is 12.2. The Bertz CT molecular complexity index is 250. The lowest BCUT2D eigenvalue weighted by Crippen LogP contribution is -2.60. The van der Waals surface area contributed by atoms with Gasteiger partial charge in [-0.05, 0) is 24.8 Å². The van der Waals surface area contributed by atoms with Gasteiger partial charge >= 0.3 is 0 Å². The number of nitrogens with one attached hydrogen (secondary N) is 3. The molecule has 16 heavy (non-hydrogen) atoms. The van der Waals surface area contributed by atoms with Gasteiger partial charge in [0, 0.05) is 6.54 Å². The molecule has 92 valence electrons. The van der Waals surface area contributed by atoms with E-state index in [-0.39, 0.29) is 12.5 Å². The van der Waals surface area contributed by atoms with Crippen molar-refractivity contribution in [2.24, 2.45) is 11.7 Å². The summed E-state index contributed by atoms with van der Waals surface area (Å²) in [6.07, 6.45) is 8.42. The van der Waals surface area contributed by atoms with E-state index in [0.29, 0.717) is 5.16 Å². The molecule has 1 fully saturated rings. The Morgan fingerprint density at radius 3 is 2.81 bits per heavy atom. The molecule has 0 saturated heterocycles. The van der Waals surface area contributed by atoms with Crippen LogP contribution < -0.4 is 21.7 Å². The van der Waals surface area contributed by atoms with E-state index in [1.807, 2.05) is 0 Å². The molecule has 0 amide bonds. The molecule has 5 heteroatoms. The van der Waals surface area contributed by atoms with Crippen LogP contribution in [-0.4, -0.2) is 19.0 Å². The average molecular weight is 245 g/mol. The lowest BCUT2D eigenvalue weighted by molar-refractivity contribution is 0.286. The Balaban J connectivity index is 1.71. The quantitative estimate of drug-likeness (QED) is 0.560. The van der Waals surface area contributed by atoms with Crippen LogP contribution in [0.5, 0.6) is 0 Å². The maximum atomic E-state index is 5.92. The van der Waals surface area contributed by atoms with Gasteiger partial charge in [-0.3, -0.25) is 10.6 Å². The molecule has 0 bridgehead atoms. The predicted molar refractivity (Wildman–Crippen MR) is 66.5 cm³/mol. The summed E-state index contributed by atoms with van der Waals surface area (Å²) >= 11 is 5.92. The normalized spacial score (nSPS) is 32.0. The Hall–Kier alpha value is -0.290. The first-order chi connectivity index (χ1) is 7.74. The number of hydrogen-bond acceptors (Lipinski definition) is 4. The highest BCUT2D eigenvalue weighted by molar-refractivity contribution is 6.29. The van der Waals surface area contributed by atoms with E-state index in [9.17, 15) is 0 Å². The maximum absolute atomic E-state index is 5.92. The molecule has 1 aliphatic carbocycles. The number of nitrogens with two attached hydrogens (primary N) is 1. The zero-order valence-corrected chi connectivity index (χ0v) is 10.3. The van der Waals surface area contributed by atoms with E-state index in [2.05, 4.69) is 16.0 Å². The molecule has 1 heterocycles. The molecule has 2 aliphatic rings. The van der Waals surface area contributed by atoms with Gasteiger partial charge < -0.3 is 11.1 Å². The van der Waals surface area contributed by atoms with Crippen molar-refractivity contribution in [3.05, 3.63) is 11.2 Å². The van der Waals surface area contributed by atoms with E-state index in [4.69, 9.17) is 17.3 Å². The summed E-state index contributed by atoms with van der Waals surface area (Å²) in [5, 5.41) is 10.3. The molecule has 1 saturated carbocycles. The van der Waals surface area contributed by atoms with E-state index >= 15 is 0 Å². The van der Waals surface area contributed by atoms with Crippen molar-refractivity contribution in [2.45, 2.75) is 44.6 Å². The highest BCUT2D eigenvalue weighted by atomic mass is 35.5. The van der Waals surface area contributed by atoms with Crippen molar-refractivity contribution >= 4 is 11.6 Å². The first-order valence-corrected chi connectivity index (χ1v) is 6.51. The number of hydrogen-bond donors (Lipinski definition) is 4. The summed E-state index contributed by atoms with van der Waals surface area (Å²) in [6.45, 7) is 1.03. The molecule has 0 spiro atoms. The van der Waals surface area contributed by atoms with Gasteiger partial charge in [0.15, 0.2) is 0 Å². The third kappa shape index (κ3) is 3.63. The standard InChI is InChI=1S/C11H21ClN4/c12-9-6-10(13)16-11(15-9)14-7-8-4-2-1-3-5-8/h6,8,10-11,14-16H,1-5,7,13H2. The van der Waals surface area contributed by atoms with Crippen molar-refractivity contribution in [3.63, 3.8) is 0 Å². The second-order valence-electron chi connectivity index (χ2n) is 4.70. The Morgan fingerprint density at radius 2 is 2.12 bits per heavy atom. The molecule has 5 N–H and O–H groups in total. The Labute approximate surface area is 102 Å². The SMILES string of the molecule is NC1C=C(Cl)NC(NCC2CCCCC2)N1. The van der Waals surface area contributed by atoms with E-state index in [0.717, 1.165) is 12.5 Å². The minimum absolute atomic E-state index is 0.00516. The third-order valence-electron chi connectivity index (χ3n) is 3.30. The van der Waals surface area contributed by atoms with Gasteiger partial charge in [0.2, 0.25) is 0 Å². The molecule has 1 aliphatic heterocycles. The van der Waals surface area contributed by atoms with Crippen LogP contribution in [0, 0.1) is 5.92 Å². The third-order valence-corrected chi connectivity index (χ3v) is 3.54. The van der Waals surface area contributed by atoms with Crippen molar-refractivity contribution in [1.29, 1.82) is 0 Å². The summed E-state index contributed by atoms with van der Waals surface area (Å²) in [4.78, 5) is 0. The van der Waals surface area contributed by atoms with Gasteiger partial charge in [0.1, 0.15) is 11.4 Å². The van der Waals surface area contributed by atoms with Gasteiger partial charge in [-0.25, -0.2) is 0 Å². The van der Waals surface area contributed by atoms with Crippen molar-refractivity contribution < 1.29 is 0 Å². The second-order valence-corrected chi connectivity index (χ2v) is 5.10. The van der Waals surface area contributed by atoms with Crippen LogP contribution >= 0.6 is 11.6 Å². The fourth-order valence-electron chi connectivity index (χ4n) is 2.41. The molecule has 4 nitrogen and oxygen atoms in total. The first-order valence-electron chi connectivity index (χ1n) is 6.13. The molecular formula is C11H21ClN4. The van der Waals surface area contributed by atoms with Crippen LogP contribution in [0.15, 0.2) is 11.2 Å². The van der Waals surface area contributed by atoms with Crippen molar-refractivity contribution in [2.75, 3.05) is 6.54 Å². The minimum atomic E-state index is -0.169. The molecule has 2 atom stereocenters. The lowest BCUT2D eigenvalue weighted by atomic mass is 9.89. The fraction of sp³-hybridized carbons (Fsp3) is 0.818. The molecule has 0 aromatic heterocycles. The van der Waals surface area contributed by atoms with Crippen LogP contribution in [0.3, 0.4) is 0 Å². The molecule has 0 aromatic rings. The molecular weight excluding hydrogens is 224 g/mol. The highest BCUT2D eigenvalue weighted by Gasteiger charge is 2.19. The number of rotatable bonds is 3. The molecule has 0 aromatic carbocycles. The zero-order valence-electron chi connectivity index (χ0n) is 9.51. The van der Waals surface area contributed by atoms with Gasteiger partial charge in [-0.2, -0.15) is 0 Å². The zero-order chi connectivity index (χ0) is 11.4. The van der Waals surface area contributed by atoms with Crippen LogP contribution in [0.1, 0.15) is 32.1 Å². The topological polar surface area (TPSA) is 62.1 Å². The number of halogens is 1. The summed E-state index contributed by atoms with van der Waals surface area (Å²) < 4.78 is 0. The summed E-state index contributed by atoms with van der Waals surface area (Å²) in [6, 6.07) is 0. The summed E-state index contributed by atoms with van der Waals surface area (Å²) in [7, 11) is 0. The molecule has 2 rings (SSSR count). The Morgan fingerprint density at radius 1 is 1.38 bits per heavy atom. The maximum Gasteiger partial charge on any atom is 0.134 e. The van der Waals surface area contributed by atoms with E-state index in [1.54, 1.807) is 6.08 Å². The molecule has 2 unspecified atom stereocenters. The van der Waals surface area contributed by atoms with Gasteiger partial charge in [-0.15, -0.1) is 0 Å². The summed E-state index contributed by atoms with van der Waals surface area (Å²) in [5.41, 5.74) is 5.77. The van der Waals surface area contributed by atoms with E-state index in [1.165, 1.54) is 32.1 Å². The van der Waals surface area contributed by atoms with Crippen molar-refractivity contribution in [3.8, 4) is 0 Å². The Kier molecular flexibility index (Phi) is 4.46. The molecule has 0 radical (unpaired) electrons. The van der Waals surface area contributed by atoms with Gasteiger partial charge in [0.25, 0.3) is 0 Å². The van der Waals surface area contributed by atoms with Gasteiger partial charge in [-0.1, -0.05) is 30.9 Å². The smallest absolute Gasteiger partial charge is 0.134 e. The van der Waals surface area contributed by atoms with Gasteiger partial charge in [0.05, 0.1) is 6.17 Å². The monoisotopic (exact) mass is 244 g/mol. The van der Waals surface area contributed by atoms with Crippen LogP contribution in [0.4, 0.5) is 0 Å². The lowest BCUT2D eigenvalue weighted by Gasteiger charge is -2.31. The predicted octanol–water partition coefficient (Wildman–Crippen LogP) is 0.998. The average Bonchev–Trinajstić information content (AvgIpc) is 2.27. The van der Waals surface area contributed by atoms with Crippen LogP contribution in [0.2, 0.25) is 0 Å². The fourth-order valence-corrected chi connectivity index (χ4v) is 2.66. The summed E-state index contributed by atoms with van der Waals surface area (Å²) in [5.74, 6) is 0.804. The van der Waals surface area contributed by atoms with Crippen LogP contribution in [-0.2, 0) is 0 Å². The van der Waals surface area contributed by atoms with E-state index < -0.39 is 0 Å². The highest BCUT2D eigenvalue weighted by Crippen LogP contribution is 2.22. The van der Waals surface area contributed by atoms with Crippen molar-refractivity contribution in [1.82, 2.24) is 16.0 Å². The second kappa shape index (κ2) is 5.87. The van der Waals surface area contributed by atoms with Crippen LogP contribution in [0.25, 0.3) is 0 Å². The minimum Gasteiger partial charge on any atom is -0.348 e. The largest absolute Gasteiger partial charge is 0.348 e.